The lowest BCUT2D eigenvalue weighted by atomic mass is 10.0. The Hall–Kier alpha value is -2.28. The molecule has 1 amide bonds. The number of carboxylic acid groups (broad SMARTS) is 1. The zero-order valence-electron chi connectivity index (χ0n) is 12.2. The SMILES string of the molecule is CC(C)(C)OC(=O)N[C@H](C(=O)O)[C@H](O)c1ccc(N)cc1. The summed E-state index contributed by atoms with van der Waals surface area (Å²) in [7, 11) is 0. The second-order valence-electron chi connectivity index (χ2n) is 5.57. The number of carboxylic acids is 1. The van der Waals surface area contributed by atoms with Gasteiger partial charge in [0.1, 0.15) is 11.7 Å². The van der Waals surface area contributed by atoms with Crippen molar-refractivity contribution in [2.75, 3.05) is 5.73 Å². The molecule has 0 radical (unpaired) electrons. The molecule has 0 unspecified atom stereocenters. The van der Waals surface area contributed by atoms with E-state index in [1.165, 1.54) is 24.3 Å². The van der Waals surface area contributed by atoms with Crippen molar-refractivity contribution in [2.45, 2.75) is 38.5 Å². The molecule has 0 aromatic heterocycles. The van der Waals surface area contributed by atoms with E-state index >= 15 is 0 Å². The molecule has 7 nitrogen and oxygen atoms in total. The molecule has 116 valence electrons. The second-order valence-corrected chi connectivity index (χ2v) is 5.57. The summed E-state index contributed by atoms with van der Waals surface area (Å²) in [4.78, 5) is 22.9. The highest BCUT2D eigenvalue weighted by atomic mass is 16.6. The number of aliphatic hydroxyl groups excluding tert-OH is 1. The van der Waals surface area contributed by atoms with Gasteiger partial charge in [-0.3, -0.25) is 0 Å². The zero-order chi connectivity index (χ0) is 16.2. The van der Waals surface area contributed by atoms with E-state index < -0.39 is 29.8 Å². The number of amides is 1. The smallest absolute Gasteiger partial charge is 0.408 e. The number of ether oxygens (including phenoxy) is 1. The van der Waals surface area contributed by atoms with Gasteiger partial charge in [0.15, 0.2) is 6.04 Å². The fourth-order valence-electron chi connectivity index (χ4n) is 1.60. The number of aliphatic carboxylic acids is 1. The van der Waals surface area contributed by atoms with Gasteiger partial charge in [-0.25, -0.2) is 9.59 Å². The first-order valence-electron chi connectivity index (χ1n) is 6.36. The van der Waals surface area contributed by atoms with Gasteiger partial charge in [0.25, 0.3) is 0 Å². The predicted octanol–water partition coefficient (Wildman–Crippen LogP) is 1.28. The van der Waals surface area contributed by atoms with Crippen molar-refractivity contribution < 1.29 is 24.5 Å². The van der Waals surface area contributed by atoms with Gasteiger partial charge in [-0.05, 0) is 38.5 Å². The summed E-state index contributed by atoms with van der Waals surface area (Å²) < 4.78 is 4.98. The van der Waals surface area contributed by atoms with Crippen LogP contribution in [0.5, 0.6) is 0 Å². The number of carbonyl (C=O) groups is 2. The lowest BCUT2D eigenvalue weighted by Gasteiger charge is -2.24. The molecule has 1 aromatic rings. The molecule has 0 saturated heterocycles. The van der Waals surface area contributed by atoms with Crippen molar-refractivity contribution >= 4 is 17.7 Å². The van der Waals surface area contributed by atoms with Gasteiger partial charge in [-0.15, -0.1) is 0 Å². The summed E-state index contributed by atoms with van der Waals surface area (Å²) in [5, 5.41) is 21.4. The molecule has 0 aliphatic carbocycles. The van der Waals surface area contributed by atoms with E-state index in [0.29, 0.717) is 11.3 Å². The molecule has 5 N–H and O–H groups in total. The van der Waals surface area contributed by atoms with Gasteiger partial charge < -0.3 is 26.0 Å². The molecule has 0 spiro atoms. The van der Waals surface area contributed by atoms with Crippen molar-refractivity contribution in [3.8, 4) is 0 Å². The molecule has 0 bridgehead atoms. The van der Waals surface area contributed by atoms with Crippen LogP contribution >= 0.6 is 0 Å². The number of nitrogens with one attached hydrogen (secondary N) is 1. The Kier molecular flexibility index (Phi) is 5.15. The molecule has 21 heavy (non-hydrogen) atoms. The van der Waals surface area contributed by atoms with Crippen molar-refractivity contribution in [2.24, 2.45) is 0 Å². The van der Waals surface area contributed by atoms with Crippen molar-refractivity contribution in [3.05, 3.63) is 29.8 Å². The number of carbonyl (C=O) groups excluding carboxylic acids is 1. The Morgan fingerprint density at radius 2 is 1.76 bits per heavy atom. The quantitative estimate of drug-likeness (QED) is 0.621. The summed E-state index contributed by atoms with van der Waals surface area (Å²) in [5.41, 5.74) is 5.57. The van der Waals surface area contributed by atoms with Crippen molar-refractivity contribution in [1.29, 1.82) is 0 Å². The maximum Gasteiger partial charge on any atom is 0.408 e. The van der Waals surface area contributed by atoms with Crippen LogP contribution in [0.15, 0.2) is 24.3 Å². The van der Waals surface area contributed by atoms with E-state index in [4.69, 9.17) is 15.6 Å². The van der Waals surface area contributed by atoms with Crippen LogP contribution in [-0.2, 0) is 9.53 Å². The van der Waals surface area contributed by atoms with E-state index in [-0.39, 0.29) is 0 Å². The Bertz CT molecular complexity index is 507. The highest BCUT2D eigenvalue weighted by Crippen LogP contribution is 2.19. The Labute approximate surface area is 122 Å². The summed E-state index contributed by atoms with van der Waals surface area (Å²) in [5.74, 6) is -1.37. The third kappa shape index (κ3) is 5.31. The van der Waals surface area contributed by atoms with Crippen molar-refractivity contribution in [3.63, 3.8) is 0 Å². The summed E-state index contributed by atoms with van der Waals surface area (Å²) in [6, 6.07) is 4.53. The van der Waals surface area contributed by atoms with Crippen LogP contribution in [0.25, 0.3) is 0 Å². The first-order chi connectivity index (χ1) is 9.60. The van der Waals surface area contributed by atoms with Gasteiger partial charge in [0.2, 0.25) is 0 Å². The van der Waals surface area contributed by atoms with Crippen LogP contribution < -0.4 is 11.1 Å². The average molecular weight is 296 g/mol. The molecule has 0 fully saturated rings. The first-order valence-corrected chi connectivity index (χ1v) is 6.36. The Balaban J connectivity index is 2.84. The van der Waals surface area contributed by atoms with Crippen LogP contribution in [0, 0.1) is 0 Å². The number of benzene rings is 1. The lowest BCUT2D eigenvalue weighted by Crippen LogP contribution is -2.46. The fourth-order valence-corrected chi connectivity index (χ4v) is 1.60. The zero-order valence-corrected chi connectivity index (χ0v) is 12.2. The van der Waals surface area contributed by atoms with E-state index in [1.54, 1.807) is 20.8 Å². The van der Waals surface area contributed by atoms with Crippen LogP contribution in [0.2, 0.25) is 0 Å². The number of anilines is 1. The molecule has 0 aliphatic heterocycles. The van der Waals surface area contributed by atoms with Gasteiger partial charge in [-0.2, -0.15) is 0 Å². The van der Waals surface area contributed by atoms with Crippen molar-refractivity contribution in [1.82, 2.24) is 5.32 Å². The number of aliphatic hydroxyl groups is 1. The first kappa shape index (κ1) is 16.8. The molecule has 0 heterocycles. The van der Waals surface area contributed by atoms with Crippen LogP contribution in [0.1, 0.15) is 32.4 Å². The lowest BCUT2D eigenvalue weighted by molar-refractivity contribution is -0.142. The van der Waals surface area contributed by atoms with Crippen LogP contribution in [0.4, 0.5) is 10.5 Å². The molecule has 0 aliphatic rings. The topological polar surface area (TPSA) is 122 Å². The van der Waals surface area contributed by atoms with E-state index in [2.05, 4.69) is 5.32 Å². The number of hydrogen-bond donors (Lipinski definition) is 4. The third-order valence-corrected chi connectivity index (χ3v) is 2.53. The average Bonchev–Trinajstić information content (AvgIpc) is 2.33. The van der Waals surface area contributed by atoms with Gasteiger partial charge in [0, 0.05) is 5.69 Å². The maximum absolute atomic E-state index is 11.6. The summed E-state index contributed by atoms with van der Waals surface area (Å²) >= 11 is 0. The number of nitrogens with two attached hydrogens (primary N) is 1. The molecule has 2 atom stereocenters. The van der Waals surface area contributed by atoms with Gasteiger partial charge >= 0.3 is 12.1 Å². The minimum atomic E-state index is -1.52. The third-order valence-electron chi connectivity index (χ3n) is 2.53. The second kappa shape index (κ2) is 6.45. The predicted molar refractivity (Wildman–Crippen MR) is 76.6 cm³/mol. The number of alkyl carbamates (subject to hydrolysis) is 1. The van der Waals surface area contributed by atoms with E-state index in [0.717, 1.165) is 0 Å². The standard InChI is InChI=1S/C14H20N2O5/c1-14(2,3)21-13(20)16-10(12(18)19)11(17)8-4-6-9(15)7-5-8/h4-7,10-11,17H,15H2,1-3H3,(H,16,20)(H,18,19)/t10-,11+/m0/s1. The number of rotatable bonds is 4. The van der Waals surface area contributed by atoms with E-state index in [1.807, 2.05) is 0 Å². The largest absolute Gasteiger partial charge is 0.480 e. The molecule has 0 saturated carbocycles. The molecular weight excluding hydrogens is 276 g/mol. The van der Waals surface area contributed by atoms with Crippen LogP contribution in [-0.4, -0.2) is 33.9 Å². The molecule has 7 heteroatoms. The molecule has 1 rings (SSSR count). The fraction of sp³-hybridized carbons (Fsp3) is 0.429. The number of nitrogen functional groups attached to an aromatic ring is 1. The van der Waals surface area contributed by atoms with Crippen LogP contribution in [0.3, 0.4) is 0 Å². The molecule has 1 aromatic carbocycles. The Morgan fingerprint density at radius 1 is 1.24 bits per heavy atom. The highest BCUT2D eigenvalue weighted by Gasteiger charge is 2.31. The number of hydrogen-bond acceptors (Lipinski definition) is 5. The van der Waals surface area contributed by atoms with E-state index in [9.17, 15) is 14.7 Å². The summed E-state index contributed by atoms with van der Waals surface area (Å²) in [6.45, 7) is 4.95. The molecular formula is C14H20N2O5. The van der Waals surface area contributed by atoms with Gasteiger partial charge in [-0.1, -0.05) is 12.1 Å². The summed E-state index contributed by atoms with van der Waals surface area (Å²) in [6.07, 6.45) is -2.33. The monoisotopic (exact) mass is 296 g/mol. The highest BCUT2D eigenvalue weighted by molar-refractivity contribution is 5.81. The minimum Gasteiger partial charge on any atom is -0.480 e. The minimum absolute atomic E-state index is 0.327. The maximum atomic E-state index is 11.6. The van der Waals surface area contributed by atoms with Gasteiger partial charge in [0.05, 0.1) is 0 Å². The normalized spacial score (nSPS) is 14.1. The Morgan fingerprint density at radius 3 is 2.19 bits per heavy atom.